The van der Waals surface area contributed by atoms with E-state index >= 15 is 0 Å². The Morgan fingerprint density at radius 2 is 1.81 bits per heavy atom. The lowest BCUT2D eigenvalue weighted by Crippen LogP contribution is -2.62. The number of rotatable bonds is 7. The Balaban J connectivity index is 1.48. The van der Waals surface area contributed by atoms with Crippen molar-refractivity contribution in [1.29, 1.82) is 0 Å². The number of aromatic nitrogens is 3. The van der Waals surface area contributed by atoms with Crippen LogP contribution in [0.5, 0.6) is 0 Å². The molecular weight excluding hydrogens is 569 g/mol. The maximum Gasteiger partial charge on any atom is 0.255 e. The Bertz CT molecular complexity index is 1490. The first-order chi connectivity index (χ1) is 20.6. The van der Waals surface area contributed by atoms with Crippen molar-refractivity contribution in [1.82, 2.24) is 19.9 Å². The van der Waals surface area contributed by atoms with Gasteiger partial charge in [0.15, 0.2) is 23.6 Å². The van der Waals surface area contributed by atoms with Crippen LogP contribution in [0.25, 0.3) is 11.3 Å². The molecule has 2 heterocycles. The highest BCUT2D eigenvalue weighted by Crippen LogP contribution is 2.34. The van der Waals surface area contributed by atoms with Gasteiger partial charge in [-0.2, -0.15) is 0 Å². The summed E-state index contributed by atoms with van der Waals surface area (Å²) in [5.41, 5.74) is 1.01. The van der Waals surface area contributed by atoms with E-state index < -0.39 is 72.6 Å². The van der Waals surface area contributed by atoms with Crippen LogP contribution in [0, 0.1) is 29.8 Å². The summed E-state index contributed by atoms with van der Waals surface area (Å²) < 4.78 is 47.9. The van der Waals surface area contributed by atoms with Gasteiger partial charge in [0.1, 0.15) is 30.0 Å². The molecule has 2 aromatic carbocycles. The van der Waals surface area contributed by atoms with Crippen LogP contribution in [0.4, 0.5) is 13.2 Å². The number of amides is 1. The summed E-state index contributed by atoms with van der Waals surface area (Å²) in [5.74, 6) is -2.69. The summed E-state index contributed by atoms with van der Waals surface area (Å²) in [6.45, 7) is -0.685. The number of halogens is 3. The Labute approximate surface area is 245 Å². The molecule has 1 aliphatic heterocycles. The van der Waals surface area contributed by atoms with Gasteiger partial charge in [-0.3, -0.25) is 4.79 Å². The lowest BCUT2D eigenvalue weighted by molar-refractivity contribution is -0.214. The van der Waals surface area contributed by atoms with Crippen LogP contribution in [0.15, 0.2) is 42.6 Å². The van der Waals surface area contributed by atoms with Crippen molar-refractivity contribution in [2.75, 3.05) is 6.61 Å². The van der Waals surface area contributed by atoms with Crippen molar-refractivity contribution in [3.63, 3.8) is 0 Å². The zero-order valence-electron chi connectivity index (χ0n) is 22.9. The van der Waals surface area contributed by atoms with Crippen molar-refractivity contribution in [3.05, 3.63) is 71.2 Å². The molecule has 1 saturated heterocycles. The molecule has 2 aliphatic rings. The lowest BCUT2D eigenvalue weighted by atomic mass is 9.88. The van der Waals surface area contributed by atoms with Crippen molar-refractivity contribution in [2.45, 2.75) is 74.8 Å². The van der Waals surface area contributed by atoms with Crippen LogP contribution in [0.1, 0.15) is 42.9 Å². The molecule has 0 radical (unpaired) electrons. The third-order valence-electron chi connectivity index (χ3n) is 8.05. The summed E-state index contributed by atoms with van der Waals surface area (Å²) in [4.78, 5) is 15.6. The quantitative estimate of drug-likeness (QED) is 0.237. The molecule has 13 heteroatoms. The number of terminal acetylenes is 1. The second-order valence-electron chi connectivity index (χ2n) is 10.8. The normalized spacial score (nSPS) is 27.4. The smallest absolute Gasteiger partial charge is 0.255 e. The highest BCUT2D eigenvalue weighted by atomic mass is 19.2. The molecule has 43 heavy (non-hydrogen) atoms. The monoisotopic (exact) mass is 600 g/mol. The Kier molecular flexibility index (Phi) is 9.14. The summed E-state index contributed by atoms with van der Waals surface area (Å²) in [6.07, 6.45) is 2.13. The van der Waals surface area contributed by atoms with Crippen molar-refractivity contribution >= 4 is 5.91 Å². The number of hydrogen-bond donors (Lipinski definition) is 4. The zero-order chi connectivity index (χ0) is 30.8. The van der Waals surface area contributed by atoms with Gasteiger partial charge in [0.2, 0.25) is 0 Å². The molecule has 0 bridgehead atoms. The summed E-state index contributed by atoms with van der Waals surface area (Å²) in [5, 5.41) is 51.0. The van der Waals surface area contributed by atoms with Crippen LogP contribution in [0.2, 0.25) is 0 Å². The van der Waals surface area contributed by atoms with Crippen molar-refractivity contribution in [2.24, 2.45) is 0 Å². The fourth-order valence-corrected chi connectivity index (χ4v) is 5.81. The van der Waals surface area contributed by atoms with Gasteiger partial charge in [0.25, 0.3) is 5.91 Å². The number of ether oxygens (including phenoxy) is 1. The van der Waals surface area contributed by atoms with Crippen LogP contribution < -0.4 is 0 Å². The van der Waals surface area contributed by atoms with E-state index in [4.69, 9.17) is 11.2 Å². The van der Waals surface area contributed by atoms with E-state index in [0.717, 1.165) is 29.7 Å². The maximum absolute atomic E-state index is 14.2. The van der Waals surface area contributed by atoms with E-state index in [-0.39, 0.29) is 17.8 Å². The number of benzene rings is 2. The number of aliphatic hydroxyl groups excluding tert-OH is 4. The zero-order valence-corrected chi connectivity index (χ0v) is 22.9. The van der Waals surface area contributed by atoms with Crippen LogP contribution in [-0.4, -0.2) is 89.4 Å². The number of carbonyl (C=O) groups is 1. The average Bonchev–Trinajstić information content (AvgIpc) is 3.49. The molecule has 10 nitrogen and oxygen atoms in total. The van der Waals surface area contributed by atoms with E-state index in [9.17, 15) is 38.4 Å². The van der Waals surface area contributed by atoms with E-state index in [1.54, 1.807) is 24.3 Å². The second kappa shape index (κ2) is 12.8. The molecule has 2 fully saturated rings. The molecule has 4 N–H and O–H groups in total. The second-order valence-corrected chi connectivity index (χ2v) is 10.8. The molecule has 0 unspecified atom stereocenters. The van der Waals surface area contributed by atoms with Crippen molar-refractivity contribution in [3.8, 4) is 23.6 Å². The SMILES string of the molecule is C#Cc1cccc(CN(C(=O)[C@@H]2O[C@H](CO)[C@H](O)[C@H](n3cc(-c4cc(F)c(F)c(F)c4)nn3)[C@H]2O)[C@H]2CCCC[C@@H]2O)c1. The van der Waals surface area contributed by atoms with Gasteiger partial charge in [0, 0.05) is 17.7 Å². The van der Waals surface area contributed by atoms with Gasteiger partial charge in [-0.05, 0) is 42.7 Å². The molecule has 0 spiro atoms. The lowest BCUT2D eigenvalue weighted by Gasteiger charge is -2.45. The van der Waals surface area contributed by atoms with Crippen LogP contribution in [0.3, 0.4) is 0 Å². The molecule has 1 amide bonds. The molecule has 3 aromatic rings. The standard InChI is InChI=1S/C30H31F3N4O6/c1-2-16-6-5-7-17(10-16)13-36(22-8-3-4-9-23(22)39)30(42)29-28(41)26(27(40)24(15-38)43-29)37-14-21(34-35-37)18-11-19(31)25(33)20(32)12-18/h1,5-7,10-12,14,22-24,26-29,38-41H,3-4,8-9,13,15H2/t22-,23-,24+,26-,27-,28+,29+/m0/s1. The predicted molar refractivity (Wildman–Crippen MR) is 145 cm³/mol. The number of carbonyl (C=O) groups excluding carboxylic acids is 1. The maximum atomic E-state index is 14.2. The van der Waals surface area contributed by atoms with Gasteiger partial charge >= 0.3 is 0 Å². The molecule has 1 aliphatic carbocycles. The van der Waals surface area contributed by atoms with E-state index in [0.29, 0.717) is 24.0 Å². The molecule has 1 saturated carbocycles. The van der Waals surface area contributed by atoms with Crippen molar-refractivity contribution < 1.29 is 43.1 Å². The fourth-order valence-electron chi connectivity index (χ4n) is 5.81. The summed E-state index contributed by atoms with van der Waals surface area (Å²) >= 11 is 0. The van der Waals surface area contributed by atoms with Gasteiger partial charge in [-0.15, -0.1) is 11.5 Å². The highest BCUT2D eigenvalue weighted by molar-refractivity contribution is 5.82. The summed E-state index contributed by atoms with van der Waals surface area (Å²) in [7, 11) is 0. The first-order valence-electron chi connectivity index (χ1n) is 13.9. The van der Waals surface area contributed by atoms with Crippen LogP contribution in [-0.2, 0) is 16.1 Å². The third kappa shape index (κ3) is 6.15. The first kappa shape index (κ1) is 30.7. The number of nitrogens with zero attached hydrogens (tertiary/aromatic N) is 4. The molecule has 7 atom stereocenters. The average molecular weight is 601 g/mol. The fraction of sp³-hybridized carbons (Fsp3) is 0.433. The third-order valence-corrected chi connectivity index (χ3v) is 8.05. The minimum atomic E-state index is -1.73. The predicted octanol–water partition coefficient (Wildman–Crippen LogP) is 1.70. The van der Waals surface area contributed by atoms with Gasteiger partial charge < -0.3 is 30.1 Å². The molecular formula is C30H31F3N4O6. The summed E-state index contributed by atoms with van der Waals surface area (Å²) in [6, 6.07) is 6.42. The van der Waals surface area contributed by atoms with E-state index in [1.807, 2.05) is 0 Å². The number of aliphatic hydroxyl groups is 4. The Morgan fingerprint density at radius 3 is 2.49 bits per heavy atom. The van der Waals surface area contributed by atoms with Crippen LogP contribution >= 0.6 is 0 Å². The van der Waals surface area contributed by atoms with Gasteiger partial charge in [0.05, 0.1) is 24.9 Å². The minimum absolute atomic E-state index is 0.0365. The molecule has 5 rings (SSSR count). The number of hydrogen-bond acceptors (Lipinski definition) is 8. The Hall–Kier alpha value is -3.80. The minimum Gasteiger partial charge on any atom is -0.394 e. The molecule has 228 valence electrons. The highest BCUT2D eigenvalue weighted by Gasteiger charge is 2.50. The largest absolute Gasteiger partial charge is 0.394 e. The Morgan fingerprint density at radius 1 is 1.09 bits per heavy atom. The topological polar surface area (TPSA) is 141 Å². The van der Waals surface area contributed by atoms with E-state index in [2.05, 4.69) is 16.2 Å². The van der Waals surface area contributed by atoms with Gasteiger partial charge in [-0.25, -0.2) is 17.9 Å². The van der Waals surface area contributed by atoms with E-state index in [1.165, 1.54) is 11.1 Å². The molecule has 1 aromatic heterocycles. The first-order valence-corrected chi connectivity index (χ1v) is 13.9. The van der Waals surface area contributed by atoms with Gasteiger partial charge in [-0.1, -0.05) is 36.1 Å².